The van der Waals surface area contributed by atoms with Crippen LogP contribution in [0.15, 0.2) is 59.9 Å². The molecular formula is C12H12N2. The Kier molecular flexibility index (Phi) is 1.45. The van der Waals surface area contributed by atoms with Crippen molar-refractivity contribution in [3.05, 3.63) is 59.9 Å². The summed E-state index contributed by atoms with van der Waals surface area (Å²) in [6.07, 6.45) is 15.1. The van der Waals surface area contributed by atoms with Gasteiger partial charge in [0.2, 0.25) is 0 Å². The monoisotopic (exact) mass is 184 g/mol. The number of allylic oxidation sites excluding steroid dienone is 5. The minimum Gasteiger partial charge on any atom is -0.328 e. The van der Waals surface area contributed by atoms with Crippen LogP contribution in [0.25, 0.3) is 0 Å². The Morgan fingerprint density at radius 1 is 1.36 bits per heavy atom. The van der Waals surface area contributed by atoms with Crippen molar-refractivity contribution < 1.29 is 0 Å². The summed E-state index contributed by atoms with van der Waals surface area (Å²) in [5.41, 5.74) is 2.57. The van der Waals surface area contributed by atoms with E-state index in [1.165, 1.54) is 17.1 Å². The SMILES string of the molecule is CC1=CC2=CN3CC=CC=C3N2C=C1. The molecule has 0 N–H and O–H groups in total. The molecule has 2 heteroatoms. The van der Waals surface area contributed by atoms with Gasteiger partial charge in [0, 0.05) is 18.9 Å². The Morgan fingerprint density at radius 2 is 2.29 bits per heavy atom. The molecule has 0 radical (unpaired) electrons. The smallest absolute Gasteiger partial charge is 0.117 e. The van der Waals surface area contributed by atoms with Crippen molar-refractivity contribution in [2.45, 2.75) is 6.92 Å². The molecule has 0 aromatic rings. The molecule has 14 heavy (non-hydrogen) atoms. The normalized spacial score (nSPS) is 22.8. The van der Waals surface area contributed by atoms with E-state index in [2.05, 4.69) is 59.5 Å². The molecular weight excluding hydrogens is 172 g/mol. The first-order valence-corrected chi connectivity index (χ1v) is 4.86. The van der Waals surface area contributed by atoms with Crippen molar-refractivity contribution in [1.82, 2.24) is 9.80 Å². The van der Waals surface area contributed by atoms with Gasteiger partial charge in [-0.05, 0) is 30.7 Å². The van der Waals surface area contributed by atoms with Crippen LogP contribution < -0.4 is 0 Å². The second-order valence-corrected chi connectivity index (χ2v) is 3.73. The van der Waals surface area contributed by atoms with Crippen LogP contribution in [0.1, 0.15) is 6.92 Å². The van der Waals surface area contributed by atoms with E-state index >= 15 is 0 Å². The first-order valence-electron chi connectivity index (χ1n) is 4.86. The number of hydrogen-bond donors (Lipinski definition) is 0. The summed E-state index contributed by atoms with van der Waals surface area (Å²) in [6.45, 7) is 3.10. The van der Waals surface area contributed by atoms with E-state index in [4.69, 9.17) is 0 Å². The average Bonchev–Trinajstić information content (AvgIpc) is 2.54. The van der Waals surface area contributed by atoms with E-state index in [0.717, 1.165) is 6.54 Å². The highest BCUT2D eigenvalue weighted by Gasteiger charge is 2.25. The van der Waals surface area contributed by atoms with Gasteiger partial charge in [0.15, 0.2) is 0 Å². The summed E-state index contributed by atoms with van der Waals surface area (Å²) in [6, 6.07) is 0. The summed E-state index contributed by atoms with van der Waals surface area (Å²) >= 11 is 0. The third-order valence-corrected chi connectivity index (χ3v) is 2.65. The molecule has 0 unspecified atom stereocenters. The average molecular weight is 184 g/mol. The van der Waals surface area contributed by atoms with Crippen molar-refractivity contribution in [2.75, 3.05) is 6.54 Å². The van der Waals surface area contributed by atoms with Gasteiger partial charge >= 0.3 is 0 Å². The minimum atomic E-state index is 0.979. The molecule has 0 aromatic carbocycles. The number of hydrogen-bond acceptors (Lipinski definition) is 2. The number of nitrogens with zero attached hydrogens (tertiary/aromatic N) is 2. The van der Waals surface area contributed by atoms with Crippen molar-refractivity contribution in [3.63, 3.8) is 0 Å². The Morgan fingerprint density at radius 3 is 3.21 bits per heavy atom. The predicted molar refractivity (Wildman–Crippen MR) is 56.7 cm³/mol. The van der Waals surface area contributed by atoms with E-state index in [1.54, 1.807) is 0 Å². The predicted octanol–water partition coefficient (Wildman–Crippen LogP) is 2.33. The van der Waals surface area contributed by atoms with E-state index in [0.29, 0.717) is 0 Å². The summed E-state index contributed by atoms with van der Waals surface area (Å²) in [5.74, 6) is 1.25. The van der Waals surface area contributed by atoms with Gasteiger partial charge in [-0.15, -0.1) is 0 Å². The first kappa shape index (κ1) is 7.68. The largest absolute Gasteiger partial charge is 0.328 e. The first-order chi connectivity index (χ1) is 6.84. The van der Waals surface area contributed by atoms with Crippen LogP contribution in [-0.4, -0.2) is 16.3 Å². The van der Waals surface area contributed by atoms with Crippen LogP contribution in [0.5, 0.6) is 0 Å². The Balaban J connectivity index is 2.05. The number of rotatable bonds is 0. The van der Waals surface area contributed by atoms with E-state index in [9.17, 15) is 0 Å². The molecule has 0 bridgehead atoms. The number of fused-ring (bicyclic) bond motifs is 3. The molecule has 70 valence electrons. The maximum absolute atomic E-state index is 2.26. The molecule has 0 aliphatic carbocycles. The third-order valence-electron chi connectivity index (χ3n) is 2.65. The van der Waals surface area contributed by atoms with Crippen LogP contribution >= 0.6 is 0 Å². The minimum absolute atomic E-state index is 0.979. The third kappa shape index (κ3) is 0.970. The topological polar surface area (TPSA) is 6.48 Å². The van der Waals surface area contributed by atoms with Crippen molar-refractivity contribution in [3.8, 4) is 0 Å². The molecule has 0 aromatic heterocycles. The lowest BCUT2D eigenvalue weighted by Gasteiger charge is -2.25. The molecule has 3 aliphatic rings. The second kappa shape index (κ2) is 2.64. The van der Waals surface area contributed by atoms with Gasteiger partial charge in [0.1, 0.15) is 5.82 Å². The van der Waals surface area contributed by atoms with Gasteiger partial charge < -0.3 is 9.80 Å². The zero-order valence-corrected chi connectivity index (χ0v) is 8.14. The maximum Gasteiger partial charge on any atom is 0.117 e. The van der Waals surface area contributed by atoms with Crippen LogP contribution in [0, 0.1) is 0 Å². The lowest BCUT2D eigenvalue weighted by Crippen LogP contribution is -2.22. The van der Waals surface area contributed by atoms with Crippen molar-refractivity contribution >= 4 is 0 Å². The highest BCUT2D eigenvalue weighted by atomic mass is 15.4. The zero-order chi connectivity index (χ0) is 9.54. The van der Waals surface area contributed by atoms with Crippen LogP contribution in [0.2, 0.25) is 0 Å². The van der Waals surface area contributed by atoms with Crippen molar-refractivity contribution in [1.29, 1.82) is 0 Å². The van der Waals surface area contributed by atoms with E-state index in [-0.39, 0.29) is 0 Å². The van der Waals surface area contributed by atoms with Crippen LogP contribution in [0.4, 0.5) is 0 Å². The summed E-state index contributed by atoms with van der Waals surface area (Å²) in [5, 5.41) is 0. The molecule has 3 aliphatic heterocycles. The lowest BCUT2D eigenvalue weighted by atomic mass is 10.2. The molecule has 0 saturated carbocycles. The highest BCUT2D eigenvalue weighted by molar-refractivity contribution is 5.42. The van der Waals surface area contributed by atoms with Gasteiger partial charge in [-0.2, -0.15) is 0 Å². The quantitative estimate of drug-likeness (QED) is 0.570. The molecule has 2 nitrogen and oxygen atoms in total. The molecule has 0 amide bonds. The van der Waals surface area contributed by atoms with Gasteiger partial charge in [0.25, 0.3) is 0 Å². The zero-order valence-electron chi connectivity index (χ0n) is 8.14. The Bertz CT molecular complexity index is 422. The summed E-state index contributed by atoms with van der Waals surface area (Å²) < 4.78 is 0. The summed E-state index contributed by atoms with van der Waals surface area (Å²) in [4.78, 5) is 4.48. The maximum atomic E-state index is 2.26. The van der Waals surface area contributed by atoms with E-state index < -0.39 is 0 Å². The van der Waals surface area contributed by atoms with Gasteiger partial charge in [-0.25, -0.2) is 0 Å². The fourth-order valence-electron chi connectivity index (χ4n) is 1.95. The van der Waals surface area contributed by atoms with Gasteiger partial charge in [-0.3, -0.25) is 0 Å². The molecule has 3 heterocycles. The lowest BCUT2D eigenvalue weighted by molar-refractivity contribution is 0.431. The molecule has 0 atom stereocenters. The van der Waals surface area contributed by atoms with Gasteiger partial charge in [-0.1, -0.05) is 12.2 Å². The Hall–Kier alpha value is -1.70. The molecule has 3 rings (SSSR count). The van der Waals surface area contributed by atoms with Crippen LogP contribution in [-0.2, 0) is 0 Å². The van der Waals surface area contributed by atoms with Crippen LogP contribution in [0.3, 0.4) is 0 Å². The fourth-order valence-corrected chi connectivity index (χ4v) is 1.95. The second-order valence-electron chi connectivity index (χ2n) is 3.73. The Labute approximate surface area is 83.8 Å². The highest BCUT2D eigenvalue weighted by Crippen LogP contribution is 2.31. The molecule has 0 fully saturated rings. The molecule has 0 saturated heterocycles. The fraction of sp³-hybridized carbons (Fsp3) is 0.167. The van der Waals surface area contributed by atoms with Crippen molar-refractivity contribution in [2.24, 2.45) is 0 Å². The van der Waals surface area contributed by atoms with Gasteiger partial charge in [0.05, 0.1) is 5.70 Å². The molecule has 0 spiro atoms. The standard InChI is InChI=1S/C12H12N2/c1-10-5-7-14-11(8-10)9-13-6-3-2-4-12(13)14/h2-5,7-9H,6H2,1H3. The summed E-state index contributed by atoms with van der Waals surface area (Å²) in [7, 11) is 0. The van der Waals surface area contributed by atoms with E-state index in [1.807, 2.05) is 0 Å².